The molecule has 0 spiro atoms. The Bertz CT molecular complexity index is 506. The van der Waals surface area contributed by atoms with Gasteiger partial charge in [0, 0.05) is 20.1 Å². The number of sulfone groups is 1. The third kappa shape index (κ3) is 2.17. The maximum absolute atomic E-state index is 11.5. The van der Waals surface area contributed by atoms with Gasteiger partial charge in [-0.1, -0.05) is 0 Å². The van der Waals surface area contributed by atoms with Crippen molar-refractivity contribution in [1.29, 1.82) is 0 Å². The van der Waals surface area contributed by atoms with Crippen LogP contribution < -0.4 is 0 Å². The highest BCUT2D eigenvalue weighted by Crippen LogP contribution is 2.29. The maximum atomic E-state index is 11.5. The van der Waals surface area contributed by atoms with Gasteiger partial charge in [-0.3, -0.25) is 14.5 Å². The molecule has 0 unspecified atom stereocenters. The average molecular weight is 261 g/mol. The molecule has 0 aromatic rings. The number of hydrazone groups is 1. The molecule has 96 valence electrons. The lowest BCUT2D eigenvalue weighted by Crippen LogP contribution is -2.55. The summed E-state index contributed by atoms with van der Waals surface area (Å²) in [5.41, 5.74) is -1.12. The van der Waals surface area contributed by atoms with Gasteiger partial charge in [0.2, 0.25) is 21.7 Å². The Labute approximate surface area is 100.0 Å². The molecule has 17 heavy (non-hydrogen) atoms. The summed E-state index contributed by atoms with van der Waals surface area (Å²) < 4.78 is 23.1. The first kappa shape index (κ1) is 13.6. The van der Waals surface area contributed by atoms with E-state index >= 15 is 0 Å². The third-order valence-electron chi connectivity index (χ3n) is 2.39. The Morgan fingerprint density at radius 1 is 1.18 bits per heavy atom. The van der Waals surface area contributed by atoms with Gasteiger partial charge >= 0.3 is 0 Å². The molecular weight excluding hydrogens is 246 g/mol. The minimum Gasteiger partial charge on any atom is -0.275 e. The molecule has 0 aromatic heterocycles. The minimum atomic E-state index is -3.67. The van der Waals surface area contributed by atoms with Crippen LogP contribution in [0.4, 0.5) is 0 Å². The number of carbonyl (C=O) groups excluding carboxylic acids is 2. The molecule has 0 bridgehead atoms. The van der Waals surface area contributed by atoms with Crippen LogP contribution in [0.2, 0.25) is 0 Å². The van der Waals surface area contributed by atoms with Crippen LogP contribution in [-0.4, -0.2) is 47.2 Å². The van der Waals surface area contributed by atoms with E-state index in [2.05, 4.69) is 5.10 Å². The molecule has 0 atom stereocenters. The van der Waals surface area contributed by atoms with Gasteiger partial charge in [0.25, 0.3) is 5.17 Å². The van der Waals surface area contributed by atoms with Crippen molar-refractivity contribution < 1.29 is 18.0 Å². The molecule has 0 saturated carbocycles. The van der Waals surface area contributed by atoms with Gasteiger partial charge in [-0.25, -0.2) is 13.4 Å². The second kappa shape index (κ2) is 3.80. The molecule has 0 aliphatic carbocycles. The van der Waals surface area contributed by atoms with Crippen molar-refractivity contribution in [3.05, 3.63) is 0 Å². The Balaban J connectivity index is 3.43. The van der Waals surface area contributed by atoms with Gasteiger partial charge < -0.3 is 0 Å². The smallest absolute Gasteiger partial charge is 0.250 e. The largest absolute Gasteiger partial charge is 0.275 e. The van der Waals surface area contributed by atoms with Crippen molar-refractivity contribution >= 4 is 26.8 Å². The highest BCUT2D eigenvalue weighted by atomic mass is 32.2. The summed E-state index contributed by atoms with van der Waals surface area (Å²) in [6, 6.07) is 0. The highest BCUT2D eigenvalue weighted by molar-refractivity contribution is 8.05. The van der Waals surface area contributed by atoms with Gasteiger partial charge in [0.05, 0.1) is 0 Å². The number of carbonyl (C=O) groups is 2. The first-order valence-corrected chi connectivity index (χ1v) is 6.79. The van der Waals surface area contributed by atoms with Crippen LogP contribution in [-0.2, 0) is 19.4 Å². The van der Waals surface area contributed by atoms with Crippen molar-refractivity contribution in [3.8, 4) is 0 Å². The standard InChI is InChI=1S/C9H15N3O4S/c1-6(13)11-8(17(5,15)16)10-12(7(2)14)9(11,3)4/h1-5H3. The normalized spacial score (nSPS) is 19.2. The number of hydrogen-bond donors (Lipinski definition) is 0. The Morgan fingerprint density at radius 2 is 1.65 bits per heavy atom. The number of rotatable bonds is 0. The predicted octanol–water partition coefficient (Wildman–Crippen LogP) is -0.251. The average Bonchev–Trinajstić information content (AvgIpc) is 2.35. The molecular formula is C9H15N3O4S. The molecule has 0 radical (unpaired) electrons. The Morgan fingerprint density at radius 3 is 1.88 bits per heavy atom. The Kier molecular flexibility index (Phi) is 3.04. The zero-order valence-electron chi connectivity index (χ0n) is 10.4. The third-order valence-corrected chi connectivity index (χ3v) is 3.31. The van der Waals surface area contributed by atoms with Crippen molar-refractivity contribution in [2.24, 2.45) is 5.10 Å². The van der Waals surface area contributed by atoms with E-state index in [9.17, 15) is 18.0 Å². The first-order chi connectivity index (χ1) is 7.49. The molecule has 0 N–H and O–H groups in total. The van der Waals surface area contributed by atoms with E-state index in [1.165, 1.54) is 13.8 Å². The van der Waals surface area contributed by atoms with E-state index in [0.717, 1.165) is 16.2 Å². The van der Waals surface area contributed by atoms with Gasteiger partial charge in [-0.15, -0.1) is 5.10 Å². The molecule has 0 fully saturated rings. The number of amides is 2. The molecule has 2 amide bonds. The zero-order valence-corrected chi connectivity index (χ0v) is 11.2. The van der Waals surface area contributed by atoms with Gasteiger partial charge in [-0.2, -0.15) is 0 Å². The maximum Gasteiger partial charge on any atom is 0.250 e. The van der Waals surface area contributed by atoms with Crippen LogP contribution in [0, 0.1) is 0 Å². The van der Waals surface area contributed by atoms with Crippen LogP contribution in [0.15, 0.2) is 5.10 Å². The molecule has 1 rings (SSSR count). The summed E-state index contributed by atoms with van der Waals surface area (Å²) in [6.45, 7) is 5.59. The lowest BCUT2D eigenvalue weighted by Gasteiger charge is -2.34. The lowest BCUT2D eigenvalue weighted by molar-refractivity contribution is -0.142. The second-order valence-electron chi connectivity index (χ2n) is 4.33. The fourth-order valence-electron chi connectivity index (χ4n) is 1.80. The van der Waals surface area contributed by atoms with Gasteiger partial charge in [0.15, 0.2) is 0 Å². The molecule has 1 aliphatic heterocycles. The molecule has 7 nitrogen and oxygen atoms in total. The first-order valence-electron chi connectivity index (χ1n) is 4.90. The molecule has 1 heterocycles. The summed E-state index contributed by atoms with van der Waals surface area (Å²) >= 11 is 0. The summed E-state index contributed by atoms with van der Waals surface area (Å²) in [5.74, 6) is -0.914. The second-order valence-corrected chi connectivity index (χ2v) is 6.24. The fraction of sp³-hybridized carbons (Fsp3) is 0.667. The molecule has 0 saturated heterocycles. The summed E-state index contributed by atoms with van der Waals surface area (Å²) in [5, 5.41) is 4.32. The van der Waals surface area contributed by atoms with Crippen LogP contribution >= 0.6 is 0 Å². The van der Waals surface area contributed by atoms with E-state index in [1.54, 1.807) is 13.8 Å². The monoisotopic (exact) mass is 261 g/mol. The number of nitrogens with zero attached hydrogens (tertiary/aromatic N) is 3. The van der Waals surface area contributed by atoms with Crippen molar-refractivity contribution in [1.82, 2.24) is 9.91 Å². The van der Waals surface area contributed by atoms with Crippen molar-refractivity contribution in [3.63, 3.8) is 0 Å². The topological polar surface area (TPSA) is 87.1 Å². The SMILES string of the molecule is CC(=O)N1N=C(S(C)(=O)=O)N(C(C)=O)C1(C)C. The van der Waals surface area contributed by atoms with E-state index in [-0.39, 0.29) is 0 Å². The lowest BCUT2D eigenvalue weighted by atomic mass is 10.2. The van der Waals surface area contributed by atoms with Crippen LogP contribution in [0.5, 0.6) is 0 Å². The van der Waals surface area contributed by atoms with Crippen molar-refractivity contribution in [2.45, 2.75) is 33.4 Å². The van der Waals surface area contributed by atoms with E-state index in [1.807, 2.05) is 0 Å². The number of amidine groups is 1. The summed E-state index contributed by atoms with van der Waals surface area (Å²) in [4.78, 5) is 23.9. The molecule has 8 heteroatoms. The zero-order chi connectivity index (χ0) is 13.6. The molecule has 1 aliphatic rings. The van der Waals surface area contributed by atoms with E-state index in [4.69, 9.17) is 0 Å². The van der Waals surface area contributed by atoms with E-state index in [0.29, 0.717) is 0 Å². The van der Waals surface area contributed by atoms with E-state index < -0.39 is 32.5 Å². The minimum absolute atomic E-state index is 0.398. The van der Waals surface area contributed by atoms with Crippen LogP contribution in [0.1, 0.15) is 27.7 Å². The van der Waals surface area contributed by atoms with Crippen LogP contribution in [0.3, 0.4) is 0 Å². The number of hydrogen-bond acceptors (Lipinski definition) is 5. The van der Waals surface area contributed by atoms with Crippen LogP contribution in [0.25, 0.3) is 0 Å². The summed E-state index contributed by atoms with van der Waals surface area (Å²) in [7, 11) is -3.67. The summed E-state index contributed by atoms with van der Waals surface area (Å²) in [6.07, 6.45) is 0.946. The highest BCUT2D eigenvalue weighted by Gasteiger charge is 2.48. The quantitative estimate of drug-likeness (QED) is 0.601. The predicted molar refractivity (Wildman–Crippen MR) is 61.4 cm³/mol. The van der Waals surface area contributed by atoms with Crippen molar-refractivity contribution in [2.75, 3.05) is 6.26 Å². The Hall–Kier alpha value is -1.44. The van der Waals surface area contributed by atoms with Gasteiger partial charge in [-0.05, 0) is 13.8 Å². The fourth-order valence-corrected chi connectivity index (χ4v) is 2.71. The van der Waals surface area contributed by atoms with Gasteiger partial charge in [0.1, 0.15) is 5.66 Å². The molecule has 0 aromatic carbocycles.